The van der Waals surface area contributed by atoms with E-state index in [1.807, 2.05) is 61.5 Å². The van der Waals surface area contributed by atoms with Crippen LogP contribution in [-0.4, -0.2) is 33.1 Å². The minimum Gasteiger partial charge on any atom is -0.478 e. The van der Waals surface area contributed by atoms with Crippen molar-refractivity contribution in [3.63, 3.8) is 0 Å². The molecule has 0 aliphatic carbocycles. The highest BCUT2D eigenvalue weighted by Crippen LogP contribution is 2.30. The Hall–Kier alpha value is -4.89. The summed E-state index contributed by atoms with van der Waals surface area (Å²) in [7, 11) is 0. The molecule has 200 valence electrons. The van der Waals surface area contributed by atoms with Crippen LogP contribution in [0.4, 0.5) is 11.4 Å². The molecule has 2 amide bonds. The monoisotopic (exact) mass is 551 g/mol. The van der Waals surface area contributed by atoms with Crippen LogP contribution in [0, 0.1) is 0 Å². The molecule has 1 atom stereocenters. The normalized spacial score (nSPS) is 11.6. The van der Waals surface area contributed by atoms with Crippen molar-refractivity contribution < 1.29 is 23.9 Å². The predicted molar refractivity (Wildman–Crippen MR) is 156 cm³/mol. The molecule has 0 aliphatic rings. The van der Waals surface area contributed by atoms with Crippen molar-refractivity contribution in [3.8, 4) is 11.5 Å². The number of aromatic nitrogens is 1. The molecule has 4 aromatic carbocycles. The lowest BCUT2D eigenvalue weighted by molar-refractivity contribution is -0.115. The quantitative estimate of drug-likeness (QED) is 0.169. The first-order chi connectivity index (χ1) is 19.4. The molecular formula is C31H25N3O5S. The molecule has 8 nitrogen and oxygen atoms in total. The molecule has 0 radical (unpaired) electrons. The molecule has 9 heteroatoms. The minimum atomic E-state index is -1.17. The number of amides is 2. The number of oxazole rings is 1. The van der Waals surface area contributed by atoms with Crippen LogP contribution in [0.15, 0.2) is 106 Å². The molecule has 40 heavy (non-hydrogen) atoms. The Balaban J connectivity index is 1.23. The van der Waals surface area contributed by atoms with Crippen molar-refractivity contribution in [1.82, 2.24) is 4.98 Å². The van der Waals surface area contributed by atoms with Crippen LogP contribution in [0.1, 0.15) is 34.1 Å². The maximum atomic E-state index is 13.1. The van der Waals surface area contributed by atoms with E-state index in [1.165, 1.54) is 23.9 Å². The Morgan fingerprint density at radius 2 is 1.57 bits per heavy atom. The topological polar surface area (TPSA) is 122 Å². The van der Waals surface area contributed by atoms with Gasteiger partial charge in [-0.1, -0.05) is 37.3 Å². The Labute approximate surface area is 234 Å². The highest BCUT2D eigenvalue weighted by Gasteiger charge is 2.20. The molecule has 1 heterocycles. The molecule has 1 aromatic heterocycles. The number of rotatable bonds is 9. The van der Waals surface area contributed by atoms with Gasteiger partial charge in [-0.15, -0.1) is 11.8 Å². The molecule has 0 saturated heterocycles. The van der Waals surface area contributed by atoms with Gasteiger partial charge in [0.2, 0.25) is 11.8 Å². The average Bonchev–Trinajstić information content (AvgIpc) is 3.41. The van der Waals surface area contributed by atoms with E-state index in [2.05, 4.69) is 15.6 Å². The van der Waals surface area contributed by atoms with Gasteiger partial charge in [0, 0.05) is 21.8 Å². The van der Waals surface area contributed by atoms with Gasteiger partial charge in [0.25, 0.3) is 5.91 Å². The Kier molecular flexibility index (Phi) is 7.93. The Morgan fingerprint density at radius 3 is 2.30 bits per heavy atom. The highest BCUT2D eigenvalue weighted by molar-refractivity contribution is 8.00. The number of carboxylic acids is 1. The summed E-state index contributed by atoms with van der Waals surface area (Å²) in [6.45, 7) is 1.93. The fourth-order valence-corrected chi connectivity index (χ4v) is 5.13. The number of carbonyl (C=O) groups excluding carboxylic acids is 2. The molecule has 0 aliphatic heterocycles. The number of nitrogens with zero attached hydrogens (tertiary/aromatic N) is 1. The Bertz CT molecular complexity index is 1660. The number of para-hydroxylation sites is 2. The fourth-order valence-electron chi connectivity index (χ4n) is 4.11. The van der Waals surface area contributed by atoms with Gasteiger partial charge in [-0.2, -0.15) is 0 Å². The lowest BCUT2D eigenvalue weighted by Gasteiger charge is -2.16. The molecular weight excluding hydrogens is 526 g/mol. The molecule has 0 saturated carbocycles. The van der Waals surface area contributed by atoms with Gasteiger partial charge in [-0.25, -0.2) is 9.78 Å². The van der Waals surface area contributed by atoms with E-state index < -0.39 is 11.9 Å². The van der Waals surface area contributed by atoms with Gasteiger partial charge >= 0.3 is 5.97 Å². The maximum absolute atomic E-state index is 13.1. The van der Waals surface area contributed by atoms with Gasteiger partial charge in [0.15, 0.2) is 5.58 Å². The lowest BCUT2D eigenvalue weighted by atomic mass is 10.1. The van der Waals surface area contributed by atoms with Crippen LogP contribution in [0.25, 0.3) is 22.6 Å². The van der Waals surface area contributed by atoms with Crippen molar-refractivity contribution in [2.45, 2.75) is 23.5 Å². The van der Waals surface area contributed by atoms with Gasteiger partial charge in [-0.05, 0) is 73.2 Å². The van der Waals surface area contributed by atoms with Crippen LogP contribution in [0.5, 0.6) is 0 Å². The van der Waals surface area contributed by atoms with E-state index in [4.69, 9.17) is 4.42 Å². The van der Waals surface area contributed by atoms with Gasteiger partial charge in [0.05, 0.1) is 16.4 Å². The van der Waals surface area contributed by atoms with Crippen LogP contribution in [-0.2, 0) is 4.79 Å². The third kappa shape index (κ3) is 6.05. The zero-order valence-corrected chi connectivity index (χ0v) is 22.3. The molecule has 5 rings (SSSR count). The van der Waals surface area contributed by atoms with E-state index in [0.717, 1.165) is 16.0 Å². The number of hydrogen-bond acceptors (Lipinski definition) is 6. The summed E-state index contributed by atoms with van der Waals surface area (Å²) in [6, 6.07) is 28.0. The van der Waals surface area contributed by atoms with Gasteiger partial charge in [-0.3, -0.25) is 9.59 Å². The number of carboxylic acid groups (broad SMARTS) is 1. The number of aromatic carboxylic acids is 1. The summed E-state index contributed by atoms with van der Waals surface area (Å²) < 4.78 is 5.82. The van der Waals surface area contributed by atoms with Crippen LogP contribution < -0.4 is 10.6 Å². The zero-order valence-electron chi connectivity index (χ0n) is 21.5. The number of carbonyl (C=O) groups is 3. The summed E-state index contributed by atoms with van der Waals surface area (Å²) >= 11 is 1.38. The average molecular weight is 552 g/mol. The first-order valence-corrected chi connectivity index (χ1v) is 13.5. The lowest BCUT2D eigenvalue weighted by Crippen LogP contribution is -2.24. The van der Waals surface area contributed by atoms with Crippen molar-refractivity contribution in [2.24, 2.45) is 0 Å². The highest BCUT2D eigenvalue weighted by atomic mass is 32.2. The molecule has 3 N–H and O–H groups in total. The zero-order chi connectivity index (χ0) is 28.1. The minimum absolute atomic E-state index is 0.0704. The smallest absolute Gasteiger partial charge is 0.336 e. The second kappa shape index (κ2) is 11.9. The van der Waals surface area contributed by atoms with Crippen molar-refractivity contribution in [1.29, 1.82) is 0 Å². The first-order valence-electron chi connectivity index (χ1n) is 12.6. The number of benzene rings is 4. The number of nitrogens with one attached hydrogen (secondary N) is 2. The van der Waals surface area contributed by atoms with Crippen LogP contribution >= 0.6 is 11.8 Å². The standard InChI is InChI=1S/C31H25N3O5S/c1-2-27(29(36)32-20-16-14-19(15-17-20)30-34-25-12-5-6-13-26(25)39-30)40-22-9-7-8-21(18-22)33-28(35)23-10-3-4-11-24(23)31(37)38/h3-18,27H,2H2,1H3,(H,32,36)(H,33,35)(H,37,38). The number of anilines is 2. The summed E-state index contributed by atoms with van der Waals surface area (Å²) in [4.78, 5) is 42.6. The maximum Gasteiger partial charge on any atom is 0.336 e. The summed E-state index contributed by atoms with van der Waals surface area (Å²) in [6.07, 6.45) is 0.583. The van der Waals surface area contributed by atoms with E-state index >= 15 is 0 Å². The number of thioether (sulfide) groups is 1. The fraction of sp³-hybridized carbons (Fsp3) is 0.0968. The molecule has 5 aromatic rings. The molecule has 0 spiro atoms. The van der Waals surface area contributed by atoms with Crippen molar-refractivity contribution in [3.05, 3.63) is 108 Å². The van der Waals surface area contributed by atoms with Gasteiger partial charge < -0.3 is 20.2 Å². The van der Waals surface area contributed by atoms with Gasteiger partial charge in [0.1, 0.15) is 5.52 Å². The van der Waals surface area contributed by atoms with Crippen LogP contribution in [0.2, 0.25) is 0 Å². The van der Waals surface area contributed by atoms with E-state index in [0.29, 0.717) is 29.3 Å². The molecule has 1 unspecified atom stereocenters. The SMILES string of the molecule is CCC(Sc1cccc(NC(=O)c2ccccc2C(=O)O)c1)C(=O)Nc1ccc(-c2nc3ccccc3o2)cc1. The van der Waals surface area contributed by atoms with Crippen molar-refractivity contribution >= 4 is 52.0 Å². The predicted octanol–water partition coefficient (Wildman–Crippen LogP) is 6.95. The second-order valence-corrected chi connectivity index (χ2v) is 10.2. The van der Waals surface area contributed by atoms with E-state index in [1.54, 1.807) is 30.3 Å². The number of fused-ring (bicyclic) bond motifs is 1. The largest absolute Gasteiger partial charge is 0.478 e. The second-order valence-electron chi connectivity index (χ2n) is 8.90. The van der Waals surface area contributed by atoms with E-state index in [9.17, 15) is 19.5 Å². The molecule has 0 bridgehead atoms. The third-order valence-electron chi connectivity index (χ3n) is 6.13. The van der Waals surface area contributed by atoms with Crippen LogP contribution in [0.3, 0.4) is 0 Å². The van der Waals surface area contributed by atoms with E-state index in [-0.39, 0.29) is 22.3 Å². The van der Waals surface area contributed by atoms with Crippen molar-refractivity contribution in [2.75, 3.05) is 10.6 Å². The molecule has 0 fully saturated rings. The first kappa shape index (κ1) is 26.7. The summed E-state index contributed by atoms with van der Waals surface area (Å²) in [5, 5.41) is 14.7. The third-order valence-corrected chi connectivity index (χ3v) is 7.49. The Morgan fingerprint density at radius 1 is 0.850 bits per heavy atom. The number of hydrogen-bond donors (Lipinski definition) is 3. The summed E-state index contributed by atoms with van der Waals surface area (Å²) in [5.74, 6) is -1.33. The summed E-state index contributed by atoms with van der Waals surface area (Å²) in [5.41, 5.74) is 3.46.